The molecule has 3 saturated carbocycles. The zero-order chi connectivity index (χ0) is 29.2. The fourth-order valence-electron chi connectivity index (χ4n) is 9.03. The van der Waals surface area contributed by atoms with E-state index in [9.17, 15) is 24.2 Å². The van der Waals surface area contributed by atoms with Gasteiger partial charge in [0.1, 0.15) is 5.82 Å². The monoisotopic (exact) mass is 582 g/mol. The number of fused-ring (bicyclic) bond motifs is 6. The molecule has 6 rings (SSSR count). The van der Waals surface area contributed by atoms with E-state index in [0.29, 0.717) is 12.8 Å². The van der Waals surface area contributed by atoms with Gasteiger partial charge in [0.2, 0.25) is 5.12 Å². The highest BCUT2D eigenvalue weighted by Gasteiger charge is 2.70. The maximum Gasteiger partial charge on any atom is 0.306 e. The predicted molar refractivity (Wildman–Crippen MR) is 155 cm³/mol. The minimum atomic E-state index is -1.30. The highest BCUT2D eigenvalue weighted by Crippen LogP contribution is 2.68. The van der Waals surface area contributed by atoms with Gasteiger partial charge in [0.15, 0.2) is 5.60 Å². The van der Waals surface area contributed by atoms with Gasteiger partial charge in [0, 0.05) is 17.6 Å². The number of allylic oxidation sites excluding steroid dienone is 1. The van der Waals surface area contributed by atoms with Crippen LogP contribution in [0.5, 0.6) is 0 Å². The lowest BCUT2D eigenvalue weighted by Crippen LogP contribution is -2.62. The van der Waals surface area contributed by atoms with E-state index < -0.39 is 23.1 Å². The number of hydrogen-bond donors (Lipinski definition) is 2. The van der Waals surface area contributed by atoms with Crippen LogP contribution in [0.15, 0.2) is 36.0 Å². The van der Waals surface area contributed by atoms with Crippen LogP contribution in [-0.2, 0) is 20.7 Å². The van der Waals surface area contributed by atoms with Crippen LogP contribution in [0.1, 0.15) is 70.6 Å². The molecule has 1 aromatic heterocycles. The number of aliphatic hydroxyl groups excluding tert-OH is 2. The molecule has 0 amide bonds. The van der Waals surface area contributed by atoms with Gasteiger partial charge in [-0.2, -0.15) is 5.10 Å². The standard InChI is InChI=1S/C32H39FN2O5S/c1-4-27(38)40-32(29(39)41-14-13-36)12-11-24-23-10-5-20-15-25-19(18-34-35(25)22-8-6-21(33)7-9-22)16-30(20,2)28(23)26(37)17-31(24,32)3/h6-9,15,18,23-24,26,28,36-37H,4-5,10-14,16-17H2,1-3H3/t23-,24-,26-,28+,30-,31-,32-/m0/s1. The molecule has 0 bridgehead atoms. The maximum atomic E-state index is 13.7. The number of carbonyl (C=O) groups is 2. The van der Waals surface area contributed by atoms with E-state index in [2.05, 4.69) is 18.1 Å². The average Bonchev–Trinajstić information content (AvgIpc) is 3.48. The van der Waals surface area contributed by atoms with Gasteiger partial charge in [-0.05, 0) is 97.6 Å². The Kier molecular flexibility index (Phi) is 7.22. The van der Waals surface area contributed by atoms with Gasteiger partial charge in [0.05, 0.1) is 30.3 Å². The van der Waals surface area contributed by atoms with Crippen molar-refractivity contribution in [2.24, 2.45) is 28.6 Å². The summed E-state index contributed by atoms with van der Waals surface area (Å²) in [6, 6.07) is 6.35. The largest absolute Gasteiger partial charge is 0.449 e. The first-order chi connectivity index (χ1) is 19.6. The van der Waals surface area contributed by atoms with Crippen LogP contribution in [0.25, 0.3) is 11.8 Å². The fourth-order valence-corrected chi connectivity index (χ4v) is 9.91. The second kappa shape index (κ2) is 10.3. The Bertz CT molecular complexity index is 1390. The molecule has 41 heavy (non-hydrogen) atoms. The molecule has 0 aliphatic heterocycles. The summed E-state index contributed by atoms with van der Waals surface area (Å²) >= 11 is 1.03. The Morgan fingerprint density at radius 3 is 2.68 bits per heavy atom. The molecule has 2 aromatic rings. The number of rotatable bonds is 6. The molecule has 2 N–H and O–H groups in total. The van der Waals surface area contributed by atoms with E-state index >= 15 is 0 Å². The minimum absolute atomic E-state index is 0.000713. The molecule has 1 aromatic carbocycles. The lowest BCUT2D eigenvalue weighted by Gasteiger charge is -2.60. The van der Waals surface area contributed by atoms with E-state index in [0.717, 1.165) is 54.4 Å². The molecule has 0 radical (unpaired) electrons. The topological polar surface area (TPSA) is 102 Å². The van der Waals surface area contributed by atoms with Crippen molar-refractivity contribution in [3.63, 3.8) is 0 Å². The SMILES string of the molecule is CCC(=O)O[C@]1(C(=O)SCCO)CC[C@H]2[C@@H]3CCC4=Cc5c(cnn5-c5ccc(F)cc5)C[C@]4(C)[C@H]3[C@@H](O)C[C@@]21C. The molecule has 7 atom stereocenters. The van der Waals surface area contributed by atoms with Crippen LogP contribution in [0.2, 0.25) is 0 Å². The van der Waals surface area contributed by atoms with Crippen LogP contribution in [0, 0.1) is 34.4 Å². The molecule has 0 spiro atoms. The molecule has 7 nitrogen and oxygen atoms in total. The Morgan fingerprint density at radius 2 is 1.98 bits per heavy atom. The second-order valence-corrected chi connectivity index (χ2v) is 13.9. The molecule has 1 heterocycles. The molecule has 0 unspecified atom stereocenters. The summed E-state index contributed by atoms with van der Waals surface area (Å²) in [4.78, 5) is 26.4. The first-order valence-electron chi connectivity index (χ1n) is 14.8. The number of thioether (sulfide) groups is 1. The van der Waals surface area contributed by atoms with Crippen molar-refractivity contribution < 1.29 is 28.9 Å². The molecule has 3 fully saturated rings. The number of nitrogens with zero attached hydrogens (tertiary/aromatic N) is 2. The van der Waals surface area contributed by atoms with Crippen molar-refractivity contribution in [3.8, 4) is 5.69 Å². The summed E-state index contributed by atoms with van der Waals surface area (Å²) in [5.74, 6) is -0.134. The zero-order valence-electron chi connectivity index (χ0n) is 23.9. The predicted octanol–water partition coefficient (Wildman–Crippen LogP) is 5.11. The van der Waals surface area contributed by atoms with Crippen molar-refractivity contribution >= 4 is 28.9 Å². The quantitative estimate of drug-likeness (QED) is 0.457. The Hall–Kier alpha value is -2.49. The van der Waals surface area contributed by atoms with Crippen LogP contribution < -0.4 is 0 Å². The molecular formula is C32H39FN2O5S. The number of aromatic nitrogens is 2. The summed E-state index contributed by atoms with van der Waals surface area (Å²) in [6.45, 7) is 5.91. The lowest BCUT2D eigenvalue weighted by molar-refractivity contribution is -0.196. The third kappa shape index (κ3) is 4.25. The first-order valence-corrected chi connectivity index (χ1v) is 15.8. The molecule has 9 heteroatoms. The second-order valence-electron chi connectivity index (χ2n) is 12.8. The van der Waals surface area contributed by atoms with Crippen molar-refractivity contribution in [1.82, 2.24) is 9.78 Å². The number of esters is 1. The van der Waals surface area contributed by atoms with Crippen molar-refractivity contribution in [1.29, 1.82) is 0 Å². The van der Waals surface area contributed by atoms with E-state index in [1.165, 1.54) is 17.7 Å². The normalized spacial score (nSPS) is 35.5. The molecular weight excluding hydrogens is 543 g/mol. The zero-order valence-corrected chi connectivity index (χ0v) is 24.8. The Labute approximate surface area is 244 Å². The van der Waals surface area contributed by atoms with Crippen molar-refractivity contribution in [3.05, 3.63) is 53.1 Å². The molecule has 0 saturated heterocycles. The summed E-state index contributed by atoms with van der Waals surface area (Å²) in [7, 11) is 0. The van der Waals surface area contributed by atoms with E-state index in [1.807, 2.05) is 17.8 Å². The number of hydrogen-bond acceptors (Lipinski definition) is 7. The third-order valence-electron chi connectivity index (χ3n) is 10.8. The Morgan fingerprint density at radius 1 is 1.22 bits per heavy atom. The van der Waals surface area contributed by atoms with Gasteiger partial charge in [-0.25, -0.2) is 9.07 Å². The summed E-state index contributed by atoms with van der Waals surface area (Å²) in [6.07, 6.45) is 7.72. The van der Waals surface area contributed by atoms with Gasteiger partial charge < -0.3 is 14.9 Å². The Balaban J connectivity index is 1.34. The highest BCUT2D eigenvalue weighted by molar-refractivity contribution is 8.13. The van der Waals surface area contributed by atoms with Crippen molar-refractivity contribution in [2.75, 3.05) is 12.4 Å². The average molecular weight is 583 g/mol. The van der Waals surface area contributed by atoms with Gasteiger partial charge in [0.25, 0.3) is 0 Å². The number of ether oxygens (including phenoxy) is 1. The van der Waals surface area contributed by atoms with Gasteiger partial charge >= 0.3 is 5.97 Å². The number of halogens is 1. The van der Waals surface area contributed by atoms with E-state index in [1.54, 1.807) is 19.1 Å². The van der Waals surface area contributed by atoms with Crippen LogP contribution >= 0.6 is 11.8 Å². The smallest absolute Gasteiger partial charge is 0.306 e. The van der Waals surface area contributed by atoms with Gasteiger partial charge in [-0.15, -0.1) is 0 Å². The summed E-state index contributed by atoms with van der Waals surface area (Å²) in [5, 5.41) is 25.8. The number of aliphatic hydroxyl groups is 2. The van der Waals surface area contributed by atoms with Crippen LogP contribution in [0.4, 0.5) is 4.39 Å². The summed E-state index contributed by atoms with van der Waals surface area (Å²) < 4.78 is 21.5. The van der Waals surface area contributed by atoms with E-state index in [4.69, 9.17) is 4.74 Å². The van der Waals surface area contributed by atoms with Gasteiger partial charge in [-0.3, -0.25) is 9.59 Å². The minimum Gasteiger partial charge on any atom is -0.449 e. The van der Waals surface area contributed by atoms with Crippen molar-refractivity contribution in [2.45, 2.75) is 77.4 Å². The number of benzene rings is 1. The van der Waals surface area contributed by atoms with Crippen LogP contribution in [-0.4, -0.2) is 55.1 Å². The maximum absolute atomic E-state index is 13.7. The van der Waals surface area contributed by atoms with Gasteiger partial charge in [-0.1, -0.05) is 38.1 Å². The summed E-state index contributed by atoms with van der Waals surface area (Å²) in [5.41, 5.74) is 1.96. The third-order valence-corrected chi connectivity index (χ3v) is 11.8. The molecule has 4 aliphatic rings. The molecule has 4 aliphatic carbocycles. The molecule has 220 valence electrons. The first kappa shape index (κ1) is 28.6. The lowest BCUT2D eigenvalue weighted by atomic mass is 9.45. The highest BCUT2D eigenvalue weighted by atomic mass is 32.2. The fraction of sp³-hybridized carbons (Fsp3) is 0.594. The van der Waals surface area contributed by atoms with Crippen LogP contribution in [0.3, 0.4) is 0 Å². The van der Waals surface area contributed by atoms with E-state index in [-0.39, 0.29) is 52.9 Å². The number of carbonyl (C=O) groups excluding carboxylic acids is 2.